The van der Waals surface area contributed by atoms with Crippen LogP contribution in [0.15, 0.2) is 23.6 Å². The zero-order valence-corrected chi connectivity index (χ0v) is 20.4. The molecule has 1 amide bonds. The Morgan fingerprint density at radius 2 is 1.94 bits per heavy atom. The topological polar surface area (TPSA) is 74.8 Å². The minimum Gasteiger partial charge on any atom is -0.376 e. The molecular weight excluding hydrogens is 460 g/mol. The van der Waals surface area contributed by atoms with E-state index in [0.29, 0.717) is 55.7 Å². The van der Waals surface area contributed by atoms with E-state index >= 15 is 0 Å². The van der Waals surface area contributed by atoms with Crippen LogP contribution >= 0.6 is 22.9 Å². The number of amides is 1. The standard InChI is InChI=1S/C25H27ClN2O4S/c1-27(2)21-8-4-15(11-20(21)26)3-5-16(29)7-10-24-18-13-28(25(32)19(18)14-33-24)22-9-6-17(30)12-23(22)31/h4,8,11,14,22H,3,5-7,9-10,12-13H2,1-2H3. The molecule has 1 aromatic carbocycles. The van der Waals surface area contributed by atoms with Crippen LogP contribution in [0.4, 0.5) is 5.69 Å². The van der Waals surface area contributed by atoms with Crippen molar-refractivity contribution < 1.29 is 19.2 Å². The van der Waals surface area contributed by atoms with E-state index in [1.165, 1.54) is 11.3 Å². The number of ketones is 3. The Kier molecular flexibility index (Phi) is 7.00. The van der Waals surface area contributed by atoms with Crippen LogP contribution in [-0.4, -0.2) is 48.3 Å². The summed E-state index contributed by atoms with van der Waals surface area (Å²) in [5, 5.41) is 2.51. The molecule has 0 saturated heterocycles. The first-order valence-electron chi connectivity index (χ1n) is 11.2. The van der Waals surface area contributed by atoms with Gasteiger partial charge in [-0.05, 0) is 42.5 Å². The van der Waals surface area contributed by atoms with Gasteiger partial charge in [0.25, 0.3) is 5.91 Å². The van der Waals surface area contributed by atoms with Crippen molar-refractivity contribution in [3.8, 4) is 0 Å². The Bertz CT molecular complexity index is 1120. The maximum absolute atomic E-state index is 12.8. The number of hydrogen-bond acceptors (Lipinski definition) is 6. The van der Waals surface area contributed by atoms with Gasteiger partial charge in [0.05, 0.1) is 28.7 Å². The van der Waals surface area contributed by atoms with E-state index in [2.05, 4.69) is 0 Å². The molecule has 1 saturated carbocycles. The van der Waals surface area contributed by atoms with Gasteiger partial charge in [0.1, 0.15) is 11.6 Å². The van der Waals surface area contributed by atoms with Gasteiger partial charge in [-0.2, -0.15) is 0 Å². The quantitative estimate of drug-likeness (QED) is 0.521. The third-order valence-electron chi connectivity index (χ3n) is 6.43. The summed E-state index contributed by atoms with van der Waals surface area (Å²) in [6.45, 7) is 0.391. The second-order valence-corrected chi connectivity index (χ2v) is 10.3. The number of carbonyl (C=O) groups excluding carboxylic acids is 4. The molecule has 1 fully saturated rings. The Balaban J connectivity index is 1.32. The highest BCUT2D eigenvalue weighted by Crippen LogP contribution is 2.35. The SMILES string of the molecule is CN(C)c1ccc(CCC(=O)CCc2scc3c2CN(C2CCC(=O)CC2=O)C3=O)cc1Cl. The number of carbonyl (C=O) groups is 4. The molecule has 4 rings (SSSR count). The summed E-state index contributed by atoms with van der Waals surface area (Å²) in [4.78, 5) is 53.8. The third-order valence-corrected chi connectivity index (χ3v) is 7.83. The van der Waals surface area contributed by atoms with Crippen LogP contribution < -0.4 is 4.90 Å². The molecule has 0 N–H and O–H groups in total. The molecule has 1 aromatic heterocycles. The van der Waals surface area contributed by atoms with Gasteiger partial charge in [0.2, 0.25) is 0 Å². The molecule has 1 atom stereocenters. The third kappa shape index (κ3) is 5.04. The van der Waals surface area contributed by atoms with Crippen molar-refractivity contribution in [2.75, 3.05) is 19.0 Å². The number of fused-ring (bicyclic) bond motifs is 1. The first-order valence-corrected chi connectivity index (χ1v) is 12.4. The second kappa shape index (κ2) is 9.77. The van der Waals surface area contributed by atoms with Gasteiger partial charge >= 0.3 is 0 Å². The summed E-state index contributed by atoms with van der Waals surface area (Å²) in [6.07, 6.45) is 2.77. The van der Waals surface area contributed by atoms with Gasteiger partial charge in [0.15, 0.2) is 5.78 Å². The normalized spacial score (nSPS) is 18.1. The molecule has 174 valence electrons. The number of aryl methyl sites for hydroxylation is 2. The van der Waals surface area contributed by atoms with Crippen molar-refractivity contribution in [3.05, 3.63) is 50.2 Å². The molecule has 0 bridgehead atoms. The van der Waals surface area contributed by atoms with Gasteiger partial charge in [-0.3, -0.25) is 19.2 Å². The molecule has 0 spiro atoms. The predicted octanol–water partition coefficient (Wildman–Crippen LogP) is 4.25. The predicted molar refractivity (Wildman–Crippen MR) is 129 cm³/mol. The number of halogens is 1. The fourth-order valence-corrected chi connectivity index (χ4v) is 5.96. The zero-order chi connectivity index (χ0) is 23.7. The monoisotopic (exact) mass is 486 g/mol. The number of hydrogen-bond donors (Lipinski definition) is 0. The Morgan fingerprint density at radius 1 is 1.18 bits per heavy atom. The summed E-state index contributed by atoms with van der Waals surface area (Å²) >= 11 is 7.83. The summed E-state index contributed by atoms with van der Waals surface area (Å²) in [5.41, 5.74) is 3.56. The van der Waals surface area contributed by atoms with Crippen molar-refractivity contribution in [2.45, 2.75) is 57.5 Å². The molecule has 2 heterocycles. The lowest BCUT2D eigenvalue weighted by molar-refractivity contribution is -0.133. The van der Waals surface area contributed by atoms with Gasteiger partial charge in [-0.1, -0.05) is 17.7 Å². The van der Waals surface area contributed by atoms with Crippen LogP contribution in [0.25, 0.3) is 0 Å². The maximum atomic E-state index is 12.8. The van der Waals surface area contributed by atoms with E-state index < -0.39 is 6.04 Å². The number of thiophene rings is 1. The van der Waals surface area contributed by atoms with Crippen molar-refractivity contribution >= 4 is 51.9 Å². The highest BCUT2D eigenvalue weighted by Gasteiger charge is 2.40. The smallest absolute Gasteiger partial charge is 0.255 e. The molecular formula is C25H27ClN2O4S. The lowest BCUT2D eigenvalue weighted by Gasteiger charge is -2.29. The summed E-state index contributed by atoms with van der Waals surface area (Å²) in [5.74, 6) is -0.173. The summed E-state index contributed by atoms with van der Waals surface area (Å²) < 4.78 is 0. The largest absolute Gasteiger partial charge is 0.376 e. The maximum Gasteiger partial charge on any atom is 0.255 e. The minimum atomic E-state index is -0.507. The minimum absolute atomic E-state index is 0.0489. The Labute approximate surface area is 202 Å². The van der Waals surface area contributed by atoms with Gasteiger partial charge in [0, 0.05) is 50.2 Å². The van der Waals surface area contributed by atoms with Crippen LogP contribution in [0.2, 0.25) is 5.02 Å². The molecule has 0 radical (unpaired) electrons. The van der Waals surface area contributed by atoms with Crippen molar-refractivity contribution in [3.63, 3.8) is 0 Å². The molecule has 6 nitrogen and oxygen atoms in total. The lowest BCUT2D eigenvalue weighted by Crippen LogP contribution is -2.44. The molecule has 2 aromatic rings. The van der Waals surface area contributed by atoms with E-state index in [1.807, 2.05) is 42.6 Å². The molecule has 33 heavy (non-hydrogen) atoms. The number of anilines is 1. The second-order valence-electron chi connectivity index (χ2n) is 8.94. The van der Waals surface area contributed by atoms with E-state index in [1.54, 1.807) is 4.90 Å². The fraction of sp³-hybridized carbons (Fsp3) is 0.440. The first-order chi connectivity index (χ1) is 15.7. The van der Waals surface area contributed by atoms with Crippen LogP contribution in [-0.2, 0) is 33.8 Å². The van der Waals surface area contributed by atoms with Gasteiger partial charge < -0.3 is 9.80 Å². The fourth-order valence-electron chi connectivity index (χ4n) is 4.55. The molecule has 2 aliphatic rings. The average molecular weight is 487 g/mol. The lowest BCUT2D eigenvalue weighted by atomic mass is 9.92. The van der Waals surface area contributed by atoms with Gasteiger partial charge in [-0.15, -0.1) is 11.3 Å². The molecule has 1 aliphatic heterocycles. The Hall–Kier alpha value is -2.51. The van der Waals surface area contributed by atoms with Crippen molar-refractivity contribution in [1.29, 1.82) is 0 Å². The van der Waals surface area contributed by atoms with E-state index in [9.17, 15) is 19.2 Å². The van der Waals surface area contributed by atoms with Crippen molar-refractivity contribution in [2.24, 2.45) is 0 Å². The van der Waals surface area contributed by atoms with E-state index in [4.69, 9.17) is 11.6 Å². The van der Waals surface area contributed by atoms with Crippen LogP contribution in [0.5, 0.6) is 0 Å². The summed E-state index contributed by atoms with van der Waals surface area (Å²) in [6, 6.07) is 5.37. The molecule has 1 unspecified atom stereocenters. The zero-order valence-electron chi connectivity index (χ0n) is 18.9. The number of Topliss-reactive ketones (excluding diaryl/α,β-unsaturated/α-hetero) is 3. The van der Waals surface area contributed by atoms with Gasteiger partial charge in [-0.25, -0.2) is 0 Å². The number of benzene rings is 1. The van der Waals surface area contributed by atoms with E-state index in [0.717, 1.165) is 21.7 Å². The summed E-state index contributed by atoms with van der Waals surface area (Å²) in [7, 11) is 3.87. The first kappa shape index (κ1) is 23.6. The Morgan fingerprint density at radius 3 is 2.64 bits per heavy atom. The van der Waals surface area contributed by atoms with Crippen LogP contribution in [0.1, 0.15) is 58.5 Å². The molecule has 1 aliphatic carbocycles. The molecule has 8 heteroatoms. The van der Waals surface area contributed by atoms with Crippen molar-refractivity contribution in [1.82, 2.24) is 4.90 Å². The highest BCUT2D eigenvalue weighted by atomic mass is 35.5. The average Bonchev–Trinajstić information content (AvgIpc) is 3.30. The van der Waals surface area contributed by atoms with Crippen LogP contribution in [0, 0.1) is 0 Å². The number of rotatable bonds is 8. The number of nitrogens with zero attached hydrogens (tertiary/aromatic N) is 2. The van der Waals surface area contributed by atoms with Crippen LogP contribution in [0.3, 0.4) is 0 Å². The van der Waals surface area contributed by atoms with E-state index in [-0.39, 0.29) is 29.7 Å². The highest BCUT2D eigenvalue weighted by molar-refractivity contribution is 7.10.